The van der Waals surface area contributed by atoms with E-state index in [0.717, 1.165) is 6.26 Å². The van der Waals surface area contributed by atoms with E-state index in [0.29, 0.717) is 36.3 Å². The number of ketones is 1. The van der Waals surface area contributed by atoms with Crippen LogP contribution in [0.1, 0.15) is 30.1 Å². The highest BCUT2D eigenvalue weighted by atomic mass is 32.2. The summed E-state index contributed by atoms with van der Waals surface area (Å²) < 4.78 is 30.3. The highest BCUT2D eigenvalue weighted by Crippen LogP contribution is 2.21. The van der Waals surface area contributed by atoms with Crippen LogP contribution in [-0.2, 0) is 19.6 Å². The normalized spacial score (nSPS) is 17.0. The summed E-state index contributed by atoms with van der Waals surface area (Å²) in [4.78, 5) is 39.4. The van der Waals surface area contributed by atoms with Crippen LogP contribution in [0, 0.1) is 5.92 Å². The molecule has 2 unspecified atom stereocenters. The van der Waals surface area contributed by atoms with Crippen molar-refractivity contribution in [3.8, 4) is 0 Å². The van der Waals surface area contributed by atoms with E-state index in [2.05, 4.69) is 10.0 Å². The summed E-state index contributed by atoms with van der Waals surface area (Å²) in [6, 6.07) is 14.6. The molecular weight excluding hydrogens is 446 g/mol. The number of likely N-dealkylation sites (tertiary alicyclic amines) is 1. The van der Waals surface area contributed by atoms with Crippen molar-refractivity contribution in [2.45, 2.75) is 25.9 Å². The van der Waals surface area contributed by atoms with Crippen molar-refractivity contribution in [2.75, 3.05) is 29.4 Å². The Kier molecular flexibility index (Phi) is 7.70. The van der Waals surface area contributed by atoms with E-state index in [1.165, 1.54) is 31.2 Å². The smallest absolute Gasteiger partial charge is 0.321 e. The molecule has 2 N–H and O–H groups in total. The molecule has 0 aromatic heterocycles. The fourth-order valence-corrected chi connectivity index (χ4v) is 4.12. The summed E-state index contributed by atoms with van der Waals surface area (Å²) in [5, 5.41) is 2.81. The number of nitrogens with one attached hydrogen (secondary N) is 2. The molecule has 9 nitrogen and oxygen atoms in total. The van der Waals surface area contributed by atoms with E-state index in [4.69, 9.17) is 4.74 Å². The predicted molar refractivity (Wildman–Crippen MR) is 125 cm³/mol. The van der Waals surface area contributed by atoms with Gasteiger partial charge in [-0.15, -0.1) is 0 Å². The molecular formula is C23H27N3O6S. The number of hydrogen-bond donors (Lipinski definition) is 2. The van der Waals surface area contributed by atoms with Gasteiger partial charge in [0, 0.05) is 30.0 Å². The third kappa shape index (κ3) is 7.04. The second-order valence-corrected chi connectivity index (χ2v) is 9.72. The predicted octanol–water partition coefficient (Wildman–Crippen LogP) is 3.12. The quantitative estimate of drug-likeness (QED) is 0.471. The van der Waals surface area contributed by atoms with Gasteiger partial charge in [0.2, 0.25) is 15.8 Å². The maximum absolute atomic E-state index is 12.7. The number of anilines is 2. The number of ether oxygens (including phenoxy) is 1. The van der Waals surface area contributed by atoms with Gasteiger partial charge in [-0.1, -0.05) is 18.2 Å². The summed E-state index contributed by atoms with van der Waals surface area (Å²) in [5.74, 6) is -1.44. The Morgan fingerprint density at radius 1 is 1.03 bits per heavy atom. The van der Waals surface area contributed by atoms with Crippen LogP contribution in [0.4, 0.5) is 16.2 Å². The van der Waals surface area contributed by atoms with Gasteiger partial charge < -0.3 is 15.0 Å². The number of amides is 2. The zero-order valence-electron chi connectivity index (χ0n) is 18.5. The Labute approximate surface area is 193 Å². The molecule has 2 aromatic rings. The molecule has 0 radical (unpaired) electrons. The van der Waals surface area contributed by atoms with Crippen molar-refractivity contribution in [1.29, 1.82) is 0 Å². The van der Waals surface area contributed by atoms with Gasteiger partial charge >= 0.3 is 12.0 Å². The molecule has 2 atom stereocenters. The van der Waals surface area contributed by atoms with Crippen LogP contribution in [0.15, 0.2) is 54.6 Å². The number of urea groups is 1. The number of piperidine rings is 1. The summed E-state index contributed by atoms with van der Waals surface area (Å²) in [6.45, 7) is 2.24. The maximum atomic E-state index is 12.7. The Balaban J connectivity index is 1.55. The minimum absolute atomic E-state index is 0.213. The molecule has 0 aliphatic carbocycles. The minimum Gasteiger partial charge on any atom is -0.454 e. The number of carbonyl (C=O) groups is 3. The van der Waals surface area contributed by atoms with E-state index in [9.17, 15) is 22.8 Å². The van der Waals surface area contributed by atoms with Crippen molar-refractivity contribution >= 4 is 39.2 Å². The largest absolute Gasteiger partial charge is 0.454 e. The molecule has 10 heteroatoms. The lowest BCUT2D eigenvalue weighted by molar-refractivity contribution is -0.152. The van der Waals surface area contributed by atoms with Crippen LogP contribution in [-0.4, -0.2) is 56.6 Å². The topological polar surface area (TPSA) is 122 Å². The standard InChI is InChI=1S/C23H27N3O6S/c1-16(21(27)17-10-12-20(13-11-17)25-33(2,30)31)32-22(28)18-7-6-14-26(15-18)23(29)24-19-8-4-3-5-9-19/h3-5,8-13,16,18,25H,6-7,14-15H2,1-2H3,(H,24,29). The zero-order valence-corrected chi connectivity index (χ0v) is 19.3. The molecule has 2 amide bonds. The minimum atomic E-state index is -3.42. The van der Waals surface area contributed by atoms with Gasteiger partial charge in [0.15, 0.2) is 6.10 Å². The Morgan fingerprint density at radius 3 is 2.33 bits per heavy atom. The molecule has 1 heterocycles. The van der Waals surface area contributed by atoms with Crippen LogP contribution < -0.4 is 10.0 Å². The van der Waals surface area contributed by atoms with E-state index in [1.807, 2.05) is 18.2 Å². The number of carbonyl (C=O) groups excluding carboxylic acids is 3. The average Bonchev–Trinajstić information content (AvgIpc) is 2.78. The first kappa shape index (κ1) is 24.2. The number of hydrogen-bond acceptors (Lipinski definition) is 6. The average molecular weight is 474 g/mol. The van der Waals surface area contributed by atoms with Gasteiger partial charge in [0.05, 0.1) is 12.2 Å². The van der Waals surface area contributed by atoms with Gasteiger partial charge in [-0.05, 0) is 56.2 Å². The first-order chi connectivity index (χ1) is 15.6. The lowest BCUT2D eigenvalue weighted by Gasteiger charge is -2.32. The SMILES string of the molecule is CC(OC(=O)C1CCCN(C(=O)Nc2ccccc2)C1)C(=O)c1ccc(NS(C)(=O)=O)cc1. The van der Waals surface area contributed by atoms with Crippen molar-refractivity contribution in [2.24, 2.45) is 5.92 Å². The summed E-state index contributed by atoms with van der Waals surface area (Å²) in [6.07, 6.45) is 1.24. The number of benzene rings is 2. The second kappa shape index (κ2) is 10.5. The molecule has 3 rings (SSSR count). The molecule has 0 spiro atoms. The van der Waals surface area contributed by atoms with E-state index in [1.54, 1.807) is 17.0 Å². The number of nitrogens with zero attached hydrogens (tertiary/aromatic N) is 1. The molecule has 1 aliphatic heterocycles. The van der Waals surface area contributed by atoms with Crippen LogP contribution in [0.3, 0.4) is 0 Å². The fourth-order valence-electron chi connectivity index (χ4n) is 3.55. The molecule has 0 saturated carbocycles. The van der Waals surface area contributed by atoms with Crippen LogP contribution in [0.2, 0.25) is 0 Å². The summed E-state index contributed by atoms with van der Waals surface area (Å²) in [5.41, 5.74) is 1.29. The zero-order chi connectivity index (χ0) is 24.0. The van der Waals surface area contributed by atoms with Gasteiger partial charge in [0.1, 0.15) is 0 Å². The first-order valence-electron chi connectivity index (χ1n) is 10.6. The molecule has 1 fully saturated rings. The molecule has 1 aliphatic rings. The number of sulfonamides is 1. The number of esters is 1. The Bertz CT molecular complexity index is 1100. The van der Waals surface area contributed by atoms with Crippen molar-refractivity contribution in [1.82, 2.24) is 4.90 Å². The van der Waals surface area contributed by atoms with Gasteiger partial charge in [0.25, 0.3) is 0 Å². The third-order valence-electron chi connectivity index (χ3n) is 5.20. The highest BCUT2D eigenvalue weighted by Gasteiger charge is 2.31. The molecule has 33 heavy (non-hydrogen) atoms. The third-order valence-corrected chi connectivity index (χ3v) is 5.81. The second-order valence-electron chi connectivity index (χ2n) is 7.98. The summed E-state index contributed by atoms with van der Waals surface area (Å²) >= 11 is 0. The number of para-hydroxylation sites is 1. The summed E-state index contributed by atoms with van der Waals surface area (Å²) in [7, 11) is -3.42. The Hall–Kier alpha value is -3.40. The van der Waals surface area contributed by atoms with Crippen LogP contribution >= 0.6 is 0 Å². The number of Topliss-reactive ketones (excluding diaryl/α,β-unsaturated/α-hetero) is 1. The van der Waals surface area contributed by atoms with Gasteiger partial charge in [-0.3, -0.25) is 14.3 Å². The molecule has 2 aromatic carbocycles. The van der Waals surface area contributed by atoms with Crippen molar-refractivity contribution in [3.05, 3.63) is 60.2 Å². The highest BCUT2D eigenvalue weighted by molar-refractivity contribution is 7.92. The van der Waals surface area contributed by atoms with Crippen LogP contribution in [0.5, 0.6) is 0 Å². The number of rotatable bonds is 7. The monoisotopic (exact) mass is 473 g/mol. The fraction of sp³-hybridized carbons (Fsp3) is 0.348. The van der Waals surface area contributed by atoms with Crippen molar-refractivity contribution in [3.63, 3.8) is 0 Å². The molecule has 176 valence electrons. The molecule has 0 bridgehead atoms. The lowest BCUT2D eigenvalue weighted by atomic mass is 9.98. The van der Waals surface area contributed by atoms with Gasteiger partial charge in [-0.2, -0.15) is 0 Å². The first-order valence-corrected chi connectivity index (χ1v) is 12.4. The molecule has 1 saturated heterocycles. The Morgan fingerprint density at radius 2 is 1.70 bits per heavy atom. The van der Waals surface area contributed by atoms with Crippen molar-refractivity contribution < 1.29 is 27.5 Å². The van der Waals surface area contributed by atoms with E-state index >= 15 is 0 Å². The lowest BCUT2D eigenvalue weighted by Crippen LogP contribution is -2.45. The maximum Gasteiger partial charge on any atom is 0.321 e. The van der Waals surface area contributed by atoms with Crippen LogP contribution in [0.25, 0.3) is 0 Å². The van der Waals surface area contributed by atoms with Gasteiger partial charge in [-0.25, -0.2) is 13.2 Å². The van der Waals surface area contributed by atoms with E-state index in [-0.39, 0.29) is 12.6 Å². The van der Waals surface area contributed by atoms with E-state index < -0.39 is 33.8 Å².